The molecule has 0 aliphatic heterocycles. The monoisotopic (exact) mass is 313 g/mol. The van der Waals surface area contributed by atoms with Gasteiger partial charge in [0.2, 0.25) is 5.75 Å². The van der Waals surface area contributed by atoms with Crippen LogP contribution in [-0.4, -0.2) is 29.0 Å². The van der Waals surface area contributed by atoms with Gasteiger partial charge in [-0.1, -0.05) is 24.3 Å². The number of hydrogen-bond acceptors (Lipinski definition) is 5. The first-order valence-corrected chi connectivity index (χ1v) is 6.82. The van der Waals surface area contributed by atoms with Crippen molar-refractivity contribution in [3.05, 3.63) is 71.4 Å². The van der Waals surface area contributed by atoms with Crippen molar-refractivity contribution in [2.24, 2.45) is 0 Å². The predicted molar refractivity (Wildman–Crippen MR) is 85.4 cm³/mol. The molecule has 0 N–H and O–H groups in total. The SMILES string of the molecule is C=CCN(C(=O)COc1cccnc1[N+](=O)[O-])c1ccccc1. The lowest BCUT2D eigenvalue weighted by Crippen LogP contribution is -2.35. The molecule has 0 aliphatic rings. The third-order valence-corrected chi connectivity index (χ3v) is 2.96. The van der Waals surface area contributed by atoms with Crippen molar-refractivity contribution in [1.29, 1.82) is 0 Å². The highest BCUT2D eigenvalue weighted by Gasteiger charge is 2.19. The maximum Gasteiger partial charge on any atom is 0.406 e. The van der Waals surface area contributed by atoms with Crippen LogP contribution in [0.5, 0.6) is 5.75 Å². The molecular formula is C16H15N3O4. The van der Waals surface area contributed by atoms with Crippen molar-refractivity contribution in [3.8, 4) is 5.75 Å². The second-order valence-corrected chi connectivity index (χ2v) is 4.50. The zero-order chi connectivity index (χ0) is 16.7. The summed E-state index contributed by atoms with van der Waals surface area (Å²) in [6, 6.07) is 11.9. The zero-order valence-electron chi connectivity index (χ0n) is 12.3. The summed E-state index contributed by atoms with van der Waals surface area (Å²) >= 11 is 0. The van der Waals surface area contributed by atoms with Gasteiger partial charge in [0.05, 0.1) is 0 Å². The average molecular weight is 313 g/mol. The molecule has 1 aromatic carbocycles. The van der Waals surface area contributed by atoms with Gasteiger partial charge in [-0.05, 0) is 34.2 Å². The Labute approximate surface area is 133 Å². The van der Waals surface area contributed by atoms with Gasteiger partial charge in [0.15, 0.2) is 6.61 Å². The molecule has 0 saturated carbocycles. The topological polar surface area (TPSA) is 85.6 Å². The Morgan fingerprint density at radius 2 is 2.04 bits per heavy atom. The largest absolute Gasteiger partial charge is 0.476 e. The molecule has 0 spiro atoms. The number of nitrogens with zero attached hydrogens (tertiary/aromatic N) is 3. The zero-order valence-corrected chi connectivity index (χ0v) is 12.3. The van der Waals surface area contributed by atoms with E-state index in [1.54, 1.807) is 18.2 Å². The minimum absolute atomic E-state index is 0.0440. The van der Waals surface area contributed by atoms with Gasteiger partial charge in [0.25, 0.3) is 5.91 Å². The summed E-state index contributed by atoms with van der Waals surface area (Å²) in [5, 5.41) is 10.9. The lowest BCUT2D eigenvalue weighted by atomic mass is 10.3. The van der Waals surface area contributed by atoms with Crippen LogP contribution >= 0.6 is 0 Å². The minimum Gasteiger partial charge on any atom is -0.476 e. The van der Waals surface area contributed by atoms with Crippen LogP contribution in [0.2, 0.25) is 0 Å². The van der Waals surface area contributed by atoms with E-state index in [1.165, 1.54) is 23.2 Å². The van der Waals surface area contributed by atoms with Gasteiger partial charge in [0, 0.05) is 12.2 Å². The molecule has 0 bridgehead atoms. The number of para-hydroxylation sites is 1. The summed E-state index contributed by atoms with van der Waals surface area (Å²) in [5.41, 5.74) is 0.696. The summed E-state index contributed by atoms with van der Waals surface area (Å²) < 4.78 is 5.28. The molecule has 0 unspecified atom stereocenters. The quantitative estimate of drug-likeness (QED) is 0.445. The summed E-state index contributed by atoms with van der Waals surface area (Å²) in [7, 11) is 0. The average Bonchev–Trinajstić information content (AvgIpc) is 2.58. The van der Waals surface area contributed by atoms with Crippen LogP contribution in [0, 0.1) is 10.1 Å². The summed E-state index contributed by atoms with van der Waals surface area (Å²) in [6.07, 6.45) is 2.89. The maximum absolute atomic E-state index is 12.4. The lowest BCUT2D eigenvalue weighted by Gasteiger charge is -2.21. The smallest absolute Gasteiger partial charge is 0.406 e. The molecule has 23 heavy (non-hydrogen) atoms. The van der Waals surface area contributed by atoms with Crippen molar-refractivity contribution in [3.63, 3.8) is 0 Å². The first-order chi connectivity index (χ1) is 11.1. The number of benzene rings is 1. The molecule has 0 aliphatic carbocycles. The molecule has 2 aromatic rings. The number of nitro groups is 1. The van der Waals surface area contributed by atoms with Crippen LogP contribution in [0.3, 0.4) is 0 Å². The van der Waals surface area contributed by atoms with Crippen LogP contribution < -0.4 is 9.64 Å². The standard InChI is InChI=1S/C16H15N3O4/c1-2-11-18(13-7-4-3-5-8-13)15(20)12-23-14-9-6-10-17-16(14)19(21)22/h2-10H,1,11-12H2. The third kappa shape index (κ3) is 4.13. The third-order valence-electron chi connectivity index (χ3n) is 2.96. The lowest BCUT2D eigenvalue weighted by molar-refractivity contribution is -0.390. The molecule has 0 saturated heterocycles. The Morgan fingerprint density at radius 3 is 2.70 bits per heavy atom. The molecule has 7 nitrogen and oxygen atoms in total. The molecule has 1 heterocycles. The van der Waals surface area contributed by atoms with Crippen molar-refractivity contribution in [2.45, 2.75) is 0 Å². The second-order valence-electron chi connectivity index (χ2n) is 4.50. The van der Waals surface area contributed by atoms with E-state index in [4.69, 9.17) is 4.74 Å². The highest BCUT2D eigenvalue weighted by Crippen LogP contribution is 2.23. The van der Waals surface area contributed by atoms with E-state index in [9.17, 15) is 14.9 Å². The molecule has 2 rings (SSSR count). The van der Waals surface area contributed by atoms with Gasteiger partial charge < -0.3 is 19.8 Å². The number of hydrogen-bond donors (Lipinski definition) is 0. The first kappa shape index (κ1) is 16.2. The Hall–Kier alpha value is -3.22. The number of amides is 1. The van der Waals surface area contributed by atoms with E-state index in [0.717, 1.165) is 0 Å². The Balaban J connectivity index is 2.11. The van der Waals surface area contributed by atoms with Crippen molar-refractivity contribution >= 4 is 17.4 Å². The van der Waals surface area contributed by atoms with Crippen LogP contribution in [0.25, 0.3) is 0 Å². The van der Waals surface area contributed by atoms with Gasteiger partial charge >= 0.3 is 5.82 Å². The molecule has 7 heteroatoms. The fraction of sp³-hybridized carbons (Fsp3) is 0.125. The van der Waals surface area contributed by atoms with Gasteiger partial charge in [0.1, 0.15) is 6.20 Å². The van der Waals surface area contributed by atoms with Crippen LogP contribution in [0.1, 0.15) is 0 Å². The normalized spacial score (nSPS) is 9.91. The van der Waals surface area contributed by atoms with E-state index >= 15 is 0 Å². The highest BCUT2D eigenvalue weighted by atomic mass is 16.6. The van der Waals surface area contributed by atoms with Gasteiger partial charge in [-0.15, -0.1) is 6.58 Å². The van der Waals surface area contributed by atoms with E-state index in [2.05, 4.69) is 11.6 Å². The van der Waals surface area contributed by atoms with E-state index in [0.29, 0.717) is 12.2 Å². The number of pyridine rings is 1. The van der Waals surface area contributed by atoms with Crippen molar-refractivity contribution in [2.75, 3.05) is 18.1 Å². The second kappa shape index (κ2) is 7.69. The summed E-state index contributed by atoms with van der Waals surface area (Å²) in [6.45, 7) is 3.60. The van der Waals surface area contributed by atoms with Crippen LogP contribution in [0.4, 0.5) is 11.5 Å². The molecule has 118 valence electrons. The van der Waals surface area contributed by atoms with Gasteiger partial charge in [-0.2, -0.15) is 0 Å². The Kier molecular flexibility index (Phi) is 5.40. The van der Waals surface area contributed by atoms with Crippen molar-refractivity contribution in [1.82, 2.24) is 4.98 Å². The number of ether oxygens (including phenoxy) is 1. The maximum atomic E-state index is 12.4. The Bertz CT molecular complexity index is 703. The van der Waals surface area contributed by atoms with E-state index in [1.807, 2.05) is 18.2 Å². The first-order valence-electron chi connectivity index (χ1n) is 6.82. The number of carbonyl (C=O) groups is 1. The van der Waals surface area contributed by atoms with Crippen LogP contribution in [0.15, 0.2) is 61.3 Å². The Morgan fingerprint density at radius 1 is 1.30 bits per heavy atom. The molecule has 0 radical (unpaired) electrons. The molecule has 1 aromatic heterocycles. The highest BCUT2D eigenvalue weighted by molar-refractivity contribution is 5.94. The van der Waals surface area contributed by atoms with Gasteiger partial charge in [-0.3, -0.25) is 4.79 Å². The molecular weight excluding hydrogens is 298 g/mol. The number of aromatic nitrogens is 1. The summed E-state index contributed by atoms with van der Waals surface area (Å²) in [4.78, 5) is 27.7. The number of rotatable bonds is 7. The minimum atomic E-state index is -0.654. The molecule has 1 amide bonds. The fourth-order valence-corrected chi connectivity index (χ4v) is 1.94. The summed E-state index contributed by atoms with van der Waals surface area (Å²) in [5.74, 6) is -0.804. The van der Waals surface area contributed by atoms with Crippen molar-refractivity contribution < 1.29 is 14.5 Å². The number of anilines is 1. The van der Waals surface area contributed by atoms with Crippen LogP contribution in [-0.2, 0) is 4.79 Å². The number of carbonyl (C=O) groups excluding carboxylic acids is 1. The molecule has 0 atom stereocenters. The predicted octanol–water partition coefficient (Wildman–Crippen LogP) is 2.59. The fourth-order valence-electron chi connectivity index (χ4n) is 1.94. The van der Waals surface area contributed by atoms with Gasteiger partial charge in [-0.25, -0.2) is 0 Å². The van der Waals surface area contributed by atoms with E-state index < -0.39 is 10.7 Å². The molecule has 0 fully saturated rings. The van der Waals surface area contributed by atoms with E-state index in [-0.39, 0.29) is 18.3 Å².